The second-order valence-electron chi connectivity index (χ2n) is 7.37. The molecule has 0 bridgehead atoms. The third kappa shape index (κ3) is 4.13. The smallest absolute Gasteiger partial charge is 0.319 e. The summed E-state index contributed by atoms with van der Waals surface area (Å²) >= 11 is 0. The number of fused-ring (bicyclic) bond motifs is 1. The van der Waals surface area contributed by atoms with Crippen LogP contribution in [-0.4, -0.2) is 20.6 Å². The lowest BCUT2D eigenvalue weighted by Crippen LogP contribution is -2.28. The highest BCUT2D eigenvalue weighted by molar-refractivity contribution is 5.91. The van der Waals surface area contributed by atoms with E-state index in [-0.39, 0.29) is 6.03 Å². The summed E-state index contributed by atoms with van der Waals surface area (Å²) in [6.07, 6.45) is 7.77. The normalized spacial score (nSPS) is 13.5. The molecule has 2 heterocycles. The zero-order valence-electron chi connectivity index (χ0n) is 15.8. The van der Waals surface area contributed by atoms with Gasteiger partial charge in [-0.3, -0.25) is 0 Å². The molecule has 1 fully saturated rings. The molecule has 0 aliphatic heterocycles. The second kappa shape index (κ2) is 7.43. The molecule has 2 N–H and O–H groups in total. The molecule has 0 spiro atoms. The Morgan fingerprint density at radius 3 is 2.90 bits per heavy atom. The van der Waals surface area contributed by atoms with Crippen LogP contribution in [0.15, 0.2) is 65.6 Å². The van der Waals surface area contributed by atoms with Gasteiger partial charge in [0.15, 0.2) is 11.5 Å². The highest BCUT2D eigenvalue weighted by Gasteiger charge is 2.28. The maximum absolute atomic E-state index is 12.3. The molecule has 5 rings (SSSR count). The van der Waals surface area contributed by atoms with Crippen molar-refractivity contribution in [3.8, 4) is 0 Å². The van der Waals surface area contributed by atoms with Gasteiger partial charge in [0.05, 0.1) is 6.33 Å². The first-order chi connectivity index (χ1) is 14.2. The Balaban J connectivity index is 1.19. The van der Waals surface area contributed by atoms with E-state index in [1.165, 1.54) is 0 Å². The number of anilines is 1. The van der Waals surface area contributed by atoms with Crippen LogP contribution in [0.2, 0.25) is 0 Å². The molecule has 1 saturated carbocycles. The summed E-state index contributed by atoms with van der Waals surface area (Å²) in [7, 11) is 0. The van der Waals surface area contributed by atoms with Crippen LogP contribution >= 0.6 is 0 Å². The van der Waals surface area contributed by atoms with Gasteiger partial charge in [-0.25, -0.2) is 14.8 Å². The van der Waals surface area contributed by atoms with E-state index in [2.05, 4.69) is 32.7 Å². The zero-order chi connectivity index (χ0) is 19.6. The second-order valence-corrected chi connectivity index (χ2v) is 7.37. The molecule has 2 amide bonds. The van der Waals surface area contributed by atoms with Crippen LogP contribution in [0.4, 0.5) is 10.5 Å². The minimum Gasteiger partial charge on any atom is -0.440 e. The highest BCUT2D eigenvalue weighted by atomic mass is 16.3. The zero-order valence-corrected chi connectivity index (χ0v) is 15.8. The van der Waals surface area contributed by atoms with Crippen LogP contribution in [0.1, 0.15) is 35.8 Å². The van der Waals surface area contributed by atoms with E-state index in [1.807, 2.05) is 41.1 Å². The monoisotopic (exact) mass is 387 g/mol. The first-order valence-electron chi connectivity index (χ1n) is 9.72. The summed E-state index contributed by atoms with van der Waals surface area (Å²) in [5, 5.41) is 5.77. The van der Waals surface area contributed by atoms with Gasteiger partial charge in [-0.15, -0.1) is 0 Å². The minimum absolute atomic E-state index is 0.254. The summed E-state index contributed by atoms with van der Waals surface area (Å²) in [4.78, 5) is 20.9. The molecular weight excluding hydrogens is 366 g/mol. The number of carbonyl (C=O) groups excluding carboxylic acids is 1. The van der Waals surface area contributed by atoms with Gasteiger partial charge in [0, 0.05) is 37.1 Å². The van der Waals surface area contributed by atoms with Crippen molar-refractivity contribution in [1.82, 2.24) is 19.9 Å². The average Bonchev–Trinajstić information content (AvgIpc) is 3.29. The molecule has 146 valence electrons. The number of urea groups is 1. The van der Waals surface area contributed by atoms with E-state index in [1.54, 1.807) is 12.5 Å². The Labute approximate surface area is 167 Å². The summed E-state index contributed by atoms with van der Waals surface area (Å²) in [6, 6.07) is 13.4. The Kier molecular flexibility index (Phi) is 4.48. The number of hydrogen-bond acceptors (Lipinski definition) is 4. The van der Waals surface area contributed by atoms with E-state index < -0.39 is 0 Å². The Morgan fingerprint density at radius 2 is 2.07 bits per heavy atom. The number of oxazole rings is 1. The third-order valence-electron chi connectivity index (χ3n) is 4.96. The van der Waals surface area contributed by atoms with Gasteiger partial charge < -0.3 is 19.6 Å². The topological polar surface area (TPSA) is 85.0 Å². The van der Waals surface area contributed by atoms with E-state index in [9.17, 15) is 4.79 Å². The summed E-state index contributed by atoms with van der Waals surface area (Å²) < 4.78 is 7.77. The number of hydrogen-bond donors (Lipinski definition) is 2. The first kappa shape index (κ1) is 17.5. The van der Waals surface area contributed by atoms with Crippen molar-refractivity contribution in [1.29, 1.82) is 0 Å². The van der Waals surface area contributed by atoms with Crippen molar-refractivity contribution in [2.45, 2.75) is 31.8 Å². The molecule has 7 heteroatoms. The van der Waals surface area contributed by atoms with Gasteiger partial charge in [0.2, 0.25) is 0 Å². The van der Waals surface area contributed by atoms with Crippen LogP contribution in [0.25, 0.3) is 11.1 Å². The predicted octanol–water partition coefficient (Wildman–Crippen LogP) is 4.27. The van der Waals surface area contributed by atoms with E-state index in [4.69, 9.17) is 4.42 Å². The summed E-state index contributed by atoms with van der Waals surface area (Å²) in [5.74, 6) is 1.27. The standard InChI is InChI=1S/C22H21N5O2/c28-22(24-12-15-2-1-3-16(10-15)13-27-9-8-23-14-27)25-18-6-7-20-19(11-18)26-21(29-20)17-4-5-17/h1-3,6-11,14,17H,4-5,12-13H2,(H2,24,25,28). The van der Waals surface area contributed by atoms with Gasteiger partial charge in [0.25, 0.3) is 0 Å². The number of benzene rings is 2. The van der Waals surface area contributed by atoms with E-state index in [0.717, 1.165) is 47.5 Å². The van der Waals surface area contributed by atoms with Gasteiger partial charge in [-0.05, 0) is 42.2 Å². The SMILES string of the molecule is O=C(NCc1cccc(Cn2ccnc2)c1)Nc1ccc2oc(C3CC3)nc2c1. The number of carbonyl (C=O) groups is 1. The Bertz CT molecular complexity index is 1150. The van der Waals surface area contributed by atoms with Gasteiger partial charge in [-0.1, -0.05) is 24.3 Å². The molecule has 0 unspecified atom stereocenters. The van der Waals surface area contributed by atoms with Crippen molar-refractivity contribution >= 4 is 22.8 Å². The van der Waals surface area contributed by atoms with Crippen molar-refractivity contribution in [2.75, 3.05) is 5.32 Å². The molecule has 1 aliphatic rings. The van der Waals surface area contributed by atoms with Crippen LogP contribution in [0, 0.1) is 0 Å². The van der Waals surface area contributed by atoms with Gasteiger partial charge in [0.1, 0.15) is 5.52 Å². The third-order valence-corrected chi connectivity index (χ3v) is 4.96. The van der Waals surface area contributed by atoms with Crippen LogP contribution in [-0.2, 0) is 13.1 Å². The first-order valence-corrected chi connectivity index (χ1v) is 9.72. The van der Waals surface area contributed by atoms with Crippen LogP contribution in [0.5, 0.6) is 0 Å². The molecule has 7 nitrogen and oxygen atoms in total. The minimum atomic E-state index is -0.254. The number of imidazole rings is 1. The largest absolute Gasteiger partial charge is 0.440 e. The quantitative estimate of drug-likeness (QED) is 0.517. The molecule has 0 radical (unpaired) electrons. The summed E-state index contributed by atoms with van der Waals surface area (Å²) in [6.45, 7) is 1.20. The number of amides is 2. The fourth-order valence-electron chi connectivity index (χ4n) is 3.31. The highest BCUT2D eigenvalue weighted by Crippen LogP contribution is 2.40. The average molecular weight is 387 g/mol. The number of nitrogens with one attached hydrogen (secondary N) is 2. The molecule has 4 aromatic rings. The molecular formula is C22H21N5O2. The Hall–Kier alpha value is -3.61. The molecule has 0 atom stereocenters. The molecule has 2 aromatic carbocycles. The van der Waals surface area contributed by atoms with Crippen molar-refractivity contribution in [3.05, 3.63) is 78.2 Å². The van der Waals surface area contributed by atoms with Crippen molar-refractivity contribution < 1.29 is 9.21 Å². The van der Waals surface area contributed by atoms with E-state index >= 15 is 0 Å². The van der Waals surface area contributed by atoms with Gasteiger partial charge in [-0.2, -0.15) is 0 Å². The molecule has 2 aromatic heterocycles. The Morgan fingerprint density at radius 1 is 1.17 bits per heavy atom. The fraction of sp³-hybridized carbons (Fsp3) is 0.227. The maximum Gasteiger partial charge on any atom is 0.319 e. The number of nitrogens with zero attached hydrogens (tertiary/aromatic N) is 3. The lowest BCUT2D eigenvalue weighted by Gasteiger charge is -2.09. The predicted molar refractivity (Wildman–Crippen MR) is 110 cm³/mol. The van der Waals surface area contributed by atoms with Crippen LogP contribution < -0.4 is 10.6 Å². The maximum atomic E-state index is 12.3. The lowest BCUT2D eigenvalue weighted by molar-refractivity contribution is 0.251. The van der Waals surface area contributed by atoms with Crippen LogP contribution in [0.3, 0.4) is 0 Å². The van der Waals surface area contributed by atoms with Gasteiger partial charge >= 0.3 is 6.03 Å². The van der Waals surface area contributed by atoms with Crippen molar-refractivity contribution in [2.24, 2.45) is 0 Å². The lowest BCUT2D eigenvalue weighted by atomic mass is 10.1. The number of rotatable bonds is 6. The van der Waals surface area contributed by atoms with Crippen molar-refractivity contribution in [3.63, 3.8) is 0 Å². The molecule has 0 saturated heterocycles. The fourth-order valence-corrected chi connectivity index (χ4v) is 3.31. The van der Waals surface area contributed by atoms with E-state index in [0.29, 0.717) is 18.2 Å². The molecule has 29 heavy (non-hydrogen) atoms. The number of aromatic nitrogens is 3. The molecule has 1 aliphatic carbocycles. The summed E-state index contributed by atoms with van der Waals surface area (Å²) in [5.41, 5.74) is 4.42.